The number of rotatable bonds is 6. The third-order valence-electron chi connectivity index (χ3n) is 3.15. The highest BCUT2D eigenvalue weighted by Gasteiger charge is 2.10. The van der Waals surface area contributed by atoms with E-state index in [0.717, 1.165) is 12.3 Å². The molecule has 18 heavy (non-hydrogen) atoms. The fraction of sp³-hybridized carbons (Fsp3) is 0.625. The molecule has 0 bridgehead atoms. The van der Waals surface area contributed by atoms with Gasteiger partial charge in [0, 0.05) is 6.04 Å². The highest BCUT2D eigenvalue weighted by molar-refractivity contribution is 5.30. The van der Waals surface area contributed by atoms with Crippen molar-refractivity contribution >= 4 is 0 Å². The number of hydrogen-bond acceptors (Lipinski definition) is 2. The molecule has 0 radical (unpaired) electrons. The number of ether oxygens (including phenoxy) is 1. The molecule has 0 aliphatic carbocycles. The minimum atomic E-state index is 0.375. The van der Waals surface area contributed by atoms with Gasteiger partial charge in [0.05, 0.1) is 7.11 Å². The van der Waals surface area contributed by atoms with Gasteiger partial charge in [0.25, 0.3) is 0 Å². The van der Waals surface area contributed by atoms with Crippen LogP contribution in [-0.4, -0.2) is 13.7 Å². The van der Waals surface area contributed by atoms with Gasteiger partial charge in [-0.05, 0) is 49.4 Å². The SMILES string of the molecule is COc1cccc([C@@H](C)NCCCC(C)(C)C)c1. The van der Waals surface area contributed by atoms with Crippen LogP contribution in [0.25, 0.3) is 0 Å². The van der Waals surface area contributed by atoms with Crippen molar-refractivity contribution in [1.29, 1.82) is 0 Å². The summed E-state index contributed by atoms with van der Waals surface area (Å²) < 4.78 is 5.25. The molecule has 0 aliphatic heterocycles. The van der Waals surface area contributed by atoms with Gasteiger partial charge >= 0.3 is 0 Å². The van der Waals surface area contributed by atoms with Gasteiger partial charge in [0.2, 0.25) is 0 Å². The van der Waals surface area contributed by atoms with Gasteiger partial charge in [-0.3, -0.25) is 0 Å². The van der Waals surface area contributed by atoms with E-state index in [1.165, 1.54) is 18.4 Å². The van der Waals surface area contributed by atoms with Crippen LogP contribution in [0.15, 0.2) is 24.3 Å². The fourth-order valence-corrected chi connectivity index (χ4v) is 1.97. The molecule has 2 heteroatoms. The molecule has 0 aromatic heterocycles. The van der Waals surface area contributed by atoms with Crippen molar-refractivity contribution in [3.8, 4) is 5.75 Å². The smallest absolute Gasteiger partial charge is 0.119 e. The Morgan fingerprint density at radius 2 is 2.00 bits per heavy atom. The maximum Gasteiger partial charge on any atom is 0.119 e. The first-order valence-corrected chi connectivity index (χ1v) is 6.80. The fourth-order valence-electron chi connectivity index (χ4n) is 1.97. The lowest BCUT2D eigenvalue weighted by Gasteiger charge is -2.19. The predicted octanol–water partition coefficient (Wildman–Crippen LogP) is 4.17. The lowest BCUT2D eigenvalue weighted by Crippen LogP contribution is -2.21. The van der Waals surface area contributed by atoms with Crippen LogP contribution in [0, 0.1) is 5.41 Å². The summed E-state index contributed by atoms with van der Waals surface area (Å²) in [4.78, 5) is 0. The molecule has 102 valence electrons. The zero-order valence-electron chi connectivity index (χ0n) is 12.4. The first-order valence-electron chi connectivity index (χ1n) is 6.80. The second kappa shape index (κ2) is 6.79. The molecule has 0 amide bonds. The van der Waals surface area contributed by atoms with E-state index >= 15 is 0 Å². The molecule has 0 aliphatic rings. The van der Waals surface area contributed by atoms with Gasteiger partial charge in [-0.2, -0.15) is 0 Å². The number of hydrogen-bond donors (Lipinski definition) is 1. The van der Waals surface area contributed by atoms with Crippen molar-refractivity contribution in [2.45, 2.75) is 46.6 Å². The van der Waals surface area contributed by atoms with E-state index in [0.29, 0.717) is 11.5 Å². The van der Waals surface area contributed by atoms with Crippen molar-refractivity contribution in [2.75, 3.05) is 13.7 Å². The molecule has 1 N–H and O–H groups in total. The standard InChI is InChI=1S/C16H27NO/c1-13(17-11-7-10-16(2,3)4)14-8-6-9-15(12-14)18-5/h6,8-9,12-13,17H,7,10-11H2,1-5H3/t13-/m1/s1. The Hall–Kier alpha value is -1.02. The molecular weight excluding hydrogens is 222 g/mol. The van der Waals surface area contributed by atoms with E-state index in [1.807, 2.05) is 12.1 Å². The molecule has 0 spiro atoms. The zero-order valence-corrected chi connectivity index (χ0v) is 12.4. The van der Waals surface area contributed by atoms with Gasteiger partial charge in [-0.1, -0.05) is 32.9 Å². The van der Waals surface area contributed by atoms with Crippen molar-refractivity contribution in [3.05, 3.63) is 29.8 Å². The van der Waals surface area contributed by atoms with E-state index in [4.69, 9.17) is 4.74 Å². The van der Waals surface area contributed by atoms with E-state index in [-0.39, 0.29) is 0 Å². The van der Waals surface area contributed by atoms with Crippen LogP contribution in [0.3, 0.4) is 0 Å². The quantitative estimate of drug-likeness (QED) is 0.764. The Kier molecular flexibility index (Phi) is 5.67. The molecule has 0 saturated carbocycles. The lowest BCUT2D eigenvalue weighted by atomic mass is 9.90. The predicted molar refractivity (Wildman–Crippen MR) is 78.1 cm³/mol. The van der Waals surface area contributed by atoms with E-state index in [1.54, 1.807) is 7.11 Å². The van der Waals surface area contributed by atoms with Gasteiger partial charge < -0.3 is 10.1 Å². The van der Waals surface area contributed by atoms with Crippen LogP contribution >= 0.6 is 0 Å². The first-order chi connectivity index (χ1) is 8.42. The lowest BCUT2D eigenvalue weighted by molar-refractivity contribution is 0.357. The molecule has 0 fully saturated rings. The van der Waals surface area contributed by atoms with Crippen LogP contribution in [0.5, 0.6) is 5.75 Å². The largest absolute Gasteiger partial charge is 0.497 e. The van der Waals surface area contributed by atoms with Crippen LogP contribution in [0.2, 0.25) is 0 Å². The number of benzene rings is 1. The molecule has 2 nitrogen and oxygen atoms in total. The molecule has 1 aromatic carbocycles. The van der Waals surface area contributed by atoms with E-state index in [2.05, 4.69) is 45.1 Å². The Bertz CT molecular complexity index is 354. The summed E-state index contributed by atoms with van der Waals surface area (Å²) in [6, 6.07) is 8.64. The summed E-state index contributed by atoms with van der Waals surface area (Å²) in [7, 11) is 1.71. The second-order valence-electron chi connectivity index (χ2n) is 6.12. The average molecular weight is 249 g/mol. The van der Waals surface area contributed by atoms with Crippen LogP contribution in [-0.2, 0) is 0 Å². The van der Waals surface area contributed by atoms with Crippen LogP contribution in [0.1, 0.15) is 52.1 Å². The number of methoxy groups -OCH3 is 1. The summed E-state index contributed by atoms with van der Waals surface area (Å²) in [6.45, 7) is 10.1. The first kappa shape index (κ1) is 15.0. The van der Waals surface area contributed by atoms with Crippen molar-refractivity contribution < 1.29 is 4.74 Å². The van der Waals surface area contributed by atoms with Crippen LogP contribution in [0.4, 0.5) is 0 Å². The molecule has 0 heterocycles. The molecular formula is C16H27NO. The Morgan fingerprint density at radius 1 is 1.28 bits per heavy atom. The normalized spacial score (nSPS) is 13.4. The molecule has 0 saturated heterocycles. The van der Waals surface area contributed by atoms with E-state index < -0.39 is 0 Å². The van der Waals surface area contributed by atoms with Crippen molar-refractivity contribution in [2.24, 2.45) is 5.41 Å². The molecule has 1 atom stereocenters. The van der Waals surface area contributed by atoms with Crippen molar-refractivity contribution in [3.63, 3.8) is 0 Å². The Morgan fingerprint density at radius 3 is 2.61 bits per heavy atom. The van der Waals surface area contributed by atoms with Crippen molar-refractivity contribution in [1.82, 2.24) is 5.32 Å². The third kappa shape index (κ3) is 5.54. The van der Waals surface area contributed by atoms with Gasteiger partial charge in [0.1, 0.15) is 5.75 Å². The summed E-state index contributed by atoms with van der Waals surface area (Å²) in [5.41, 5.74) is 1.71. The molecule has 0 unspecified atom stereocenters. The highest BCUT2D eigenvalue weighted by Crippen LogP contribution is 2.21. The highest BCUT2D eigenvalue weighted by atomic mass is 16.5. The van der Waals surface area contributed by atoms with Gasteiger partial charge in [-0.25, -0.2) is 0 Å². The minimum absolute atomic E-state index is 0.375. The summed E-state index contributed by atoms with van der Waals surface area (Å²) in [6.07, 6.45) is 2.47. The monoisotopic (exact) mass is 249 g/mol. The zero-order chi connectivity index (χ0) is 13.6. The third-order valence-corrected chi connectivity index (χ3v) is 3.15. The summed E-state index contributed by atoms with van der Waals surface area (Å²) in [5, 5.41) is 3.57. The summed E-state index contributed by atoms with van der Waals surface area (Å²) >= 11 is 0. The van der Waals surface area contributed by atoms with Gasteiger partial charge in [0.15, 0.2) is 0 Å². The van der Waals surface area contributed by atoms with Crippen LogP contribution < -0.4 is 10.1 Å². The second-order valence-corrected chi connectivity index (χ2v) is 6.12. The minimum Gasteiger partial charge on any atom is -0.497 e. The average Bonchev–Trinajstić information content (AvgIpc) is 2.33. The van der Waals surface area contributed by atoms with E-state index in [9.17, 15) is 0 Å². The molecule has 1 aromatic rings. The Labute approximate surface area is 112 Å². The number of nitrogens with one attached hydrogen (secondary N) is 1. The summed E-state index contributed by atoms with van der Waals surface area (Å²) in [5.74, 6) is 0.927. The topological polar surface area (TPSA) is 21.3 Å². The maximum atomic E-state index is 5.25. The Balaban J connectivity index is 2.38. The van der Waals surface area contributed by atoms with Gasteiger partial charge in [-0.15, -0.1) is 0 Å². The maximum absolute atomic E-state index is 5.25. The molecule has 1 rings (SSSR count).